The predicted molar refractivity (Wildman–Crippen MR) is 28.8 cm³/mol. The van der Waals surface area contributed by atoms with Crippen LogP contribution in [0.4, 0.5) is 22.0 Å². The van der Waals surface area contributed by atoms with Gasteiger partial charge in [0.25, 0.3) is 8.27 Å². The second kappa shape index (κ2) is 2.54. The van der Waals surface area contributed by atoms with E-state index in [9.17, 15) is 30.4 Å². The van der Waals surface area contributed by atoms with Gasteiger partial charge in [-0.2, -0.15) is 22.0 Å². The van der Waals surface area contributed by atoms with E-state index in [1.54, 1.807) is 0 Å². The molecule has 0 aromatic heterocycles. The van der Waals surface area contributed by atoms with Crippen LogP contribution in [0.3, 0.4) is 0 Å². The summed E-state index contributed by atoms with van der Waals surface area (Å²) in [6.07, 6.45) is -6.09. The predicted octanol–water partition coefficient (Wildman–Crippen LogP) is 1.87. The lowest BCUT2D eigenvalue weighted by molar-refractivity contribution is -0.240. The number of hydrogen-bond donors (Lipinski definition) is 0. The Bertz CT molecular complexity index is 240. The molecule has 0 rings (SSSR count). The first-order chi connectivity index (χ1) is 4.50. The summed E-state index contributed by atoms with van der Waals surface area (Å²) in [5, 5.41) is -5.74. The van der Waals surface area contributed by atoms with E-state index in [4.69, 9.17) is 0 Å². The minimum Gasteiger partial charge on any atom is -0.210 e. The van der Waals surface area contributed by atoms with Crippen LogP contribution < -0.4 is 0 Å². The maximum atomic E-state index is 11.7. The van der Waals surface area contributed by atoms with Crippen molar-refractivity contribution >= 4 is 23.1 Å². The van der Waals surface area contributed by atoms with E-state index < -0.39 is 19.7 Å². The molecule has 11 heavy (non-hydrogen) atoms. The van der Waals surface area contributed by atoms with Crippen molar-refractivity contribution in [2.24, 2.45) is 0 Å². The quantitative estimate of drug-likeness (QED) is 0.534. The number of hydrogen-bond acceptors (Lipinski definition) is 2. The lowest BCUT2D eigenvalue weighted by Gasteiger charge is -2.15. The Morgan fingerprint density at radius 2 is 1.27 bits per heavy atom. The van der Waals surface area contributed by atoms with Gasteiger partial charge in [0, 0.05) is 0 Å². The topological polar surface area (TPSA) is 34.1 Å². The minimum atomic E-state index is -6.09. The third-order valence-electron chi connectivity index (χ3n) is 0.636. The van der Waals surface area contributed by atoms with E-state index in [-0.39, 0.29) is 0 Å². The molecule has 0 heterocycles. The fourth-order valence-corrected chi connectivity index (χ4v) is 0.965. The normalized spacial score (nSPS) is 15.1. The largest absolute Gasteiger partial charge is 0.470 e. The van der Waals surface area contributed by atoms with Crippen LogP contribution >= 0.6 is 14.8 Å². The van der Waals surface area contributed by atoms with E-state index in [1.807, 2.05) is 0 Å². The first kappa shape index (κ1) is 11.1. The Hall–Kier alpha value is 0.0800. The molecule has 0 aliphatic carbocycles. The van der Waals surface area contributed by atoms with Gasteiger partial charge in [0.05, 0.1) is 14.8 Å². The van der Waals surface area contributed by atoms with Crippen LogP contribution in [0.5, 0.6) is 0 Å². The van der Waals surface area contributed by atoms with Gasteiger partial charge in [0.15, 0.2) is 0 Å². The summed E-state index contributed by atoms with van der Waals surface area (Å²) >= 11 is 1.24. The molecule has 0 saturated heterocycles. The highest BCUT2D eigenvalue weighted by Crippen LogP contribution is 2.42. The second-order valence-electron chi connectivity index (χ2n) is 1.45. The van der Waals surface area contributed by atoms with Crippen LogP contribution in [0.2, 0.25) is 0 Å². The summed E-state index contributed by atoms with van der Waals surface area (Å²) in [6, 6.07) is 0. The van der Waals surface area contributed by atoms with Crippen molar-refractivity contribution in [1.29, 1.82) is 0 Å². The molecule has 0 spiro atoms. The zero-order valence-electron chi connectivity index (χ0n) is 4.49. The standard InChI is InChI=1S/C2BrF5O2S/c3-11(9,10)2(7,8)1(4,5)6. The Balaban J connectivity index is 5.08. The van der Waals surface area contributed by atoms with Crippen LogP contribution in [0.1, 0.15) is 0 Å². The molecule has 0 atom stereocenters. The minimum absolute atomic E-state index is 1.24. The molecule has 9 heteroatoms. The van der Waals surface area contributed by atoms with Crippen LogP contribution in [0.25, 0.3) is 0 Å². The summed E-state index contributed by atoms with van der Waals surface area (Å²) in [6.45, 7) is 0. The molecule has 0 aliphatic rings. The molecule has 68 valence electrons. The number of rotatable bonds is 1. The Labute approximate surface area is 65.5 Å². The van der Waals surface area contributed by atoms with Crippen molar-refractivity contribution in [3.05, 3.63) is 0 Å². The van der Waals surface area contributed by atoms with E-state index >= 15 is 0 Å². The van der Waals surface area contributed by atoms with Gasteiger partial charge < -0.3 is 0 Å². The lowest BCUT2D eigenvalue weighted by Crippen LogP contribution is -2.41. The highest BCUT2D eigenvalue weighted by atomic mass is 79.9. The average Bonchev–Trinajstić information content (AvgIpc) is 1.58. The first-order valence-corrected chi connectivity index (χ1v) is 5.21. The molecule has 0 amide bonds. The zero-order valence-corrected chi connectivity index (χ0v) is 6.90. The van der Waals surface area contributed by atoms with Crippen molar-refractivity contribution in [1.82, 2.24) is 0 Å². The molecular weight excluding hydrogens is 263 g/mol. The van der Waals surface area contributed by atoms with E-state index in [0.29, 0.717) is 0 Å². The molecule has 0 saturated carbocycles. The fourth-order valence-electron chi connectivity index (χ4n) is 0.138. The van der Waals surface area contributed by atoms with Gasteiger partial charge in [-0.3, -0.25) is 0 Å². The maximum Gasteiger partial charge on any atom is 0.470 e. The third-order valence-corrected chi connectivity index (χ3v) is 2.70. The lowest BCUT2D eigenvalue weighted by atomic mass is 10.7. The molecule has 2 nitrogen and oxygen atoms in total. The zero-order chi connectivity index (χ0) is 9.50. The molecule has 0 unspecified atom stereocenters. The smallest absolute Gasteiger partial charge is 0.210 e. The van der Waals surface area contributed by atoms with Gasteiger partial charge in [0.1, 0.15) is 0 Å². The van der Waals surface area contributed by atoms with Crippen LogP contribution in [0.15, 0.2) is 0 Å². The van der Waals surface area contributed by atoms with Crippen LogP contribution in [-0.2, 0) is 8.27 Å². The van der Waals surface area contributed by atoms with E-state index in [0.717, 1.165) is 0 Å². The van der Waals surface area contributed by atoms with Gasteiger partial charge in [-0.25, -0.2) is 8.42 Å². The van der Waals surface area contributed by atoms with Gasteiger partial charge in [0.2, 0.25) is 0 Å². The van der Waals surface area contributed by atoms with Crippen molar-refractivity contribution in [3.8, 4) is 0 Å². The Kier molecular flexibility index (Phi) is 2.56. The molecule has 0 aromatic carbocycles. The fraction of sp³-hybridized carbons (Fsp3) is 1.00. The van der Waals surface area contributed by atoms with Gasteiger partial charge in [-0.1, -0.05) is 0 Å². The SMILES string of the molecule is O=S(=O)(Br)C(F)(F)C(F)(F)F. The third kappa shape index (κ3) is 2.01. The van der Waals surface area contributed by atoms with Crippen LogP contribution in [0, 0.1) is 0 Å². The molecule has 0 aliphatic heterocycles. The van der Waals surface area contributed by atoms with Crippen molar-refractivity contribution in [2.75, 3.05) is 0 Å². The van der Waals surface area contributed by atoms with Gasteiger partial charge in [-0.15, -0.1) is 0 Å². The first-order valence-electron chi connectivity index (χ1n) is 1.89. The van der Waals surface area contributed by atoms with Crippen LogP contribution in [-0.4, -0.2) is 19.8 Å². The van der Waals surface area contributed by atoms with Crippen molar-refractivity contribution < 1.29 is 30.4 Å². The molecule has 0 N–H and O–H groups in total. The molecule has 0 radical (unpaired) electrons. The van der Waals surface area contributed by atoms with Crippen molar-refractivity contribution in [2.45, 2.75) is 11.4 Å². The summed E-state index contributed by atoms with van der Waals surface area (Å²) in [4.78, 5) is 0. The summed E-state index contributed by atoms with van der Waals surface area (Å²) < 4.78 is 76.4. The molecule has 0 aromatic rings. The van der Waals surface area contributed by atoms with Crippen molar-refractivity contribution in [3.63, 3.8) is 0 Å². The van der Waals surface area contributed by atoms with Gasteiger partial charge >= 0.3 is 11.4 Å². The monoisotopic (exact) mass is 262 g/mol. The number of alkyl halides is 5. The maximum absolute atomic E-state index is 11.7. The van der Waals surface area contributed by atoms with Gasteiger partial charge in [-0.05, 0) is 0 Å². The molecule has 0 fully saturated rings. The second-order valence-corrected chi connectivity index (χ2v) is 5.40. The molecular formula is C2BrF5O2S. The Morgan fingerprint density at radius 3 is 1.27 bits per heavy atom. The van der Waals surface area contributed by atoms with E-state index in [1.165, 1.54) is 14.8 Å². The highest BCUT2D eigenvalue weighted by Gasteiger charge is 2.66. The van der Waals surface area contributed by atoms with E-state index in [2.05, 4.69) is 0 Å². The summed E-state index contributed by atoms with van der Waals surface area (Å²) in [5.74, 6) is 0. The number of halogens is 6. The Morgan fingerprint density at radius 1 is 1.00 bits per heavy atom. The average molecular weight is 263 g/mol. The molecule has 0 bridgehead atoms. The summed E-state index contributed by atoms with van der Waals surface area (Å²) in [5.41, 5.74) is 0. The highest BCUT2D eigenvalue weighted by molar-refractivity contribution is 9.47. The summed E-state index contributed by atoms with van der Waals surface area (Å²) in [7, 11) is -5.61.